The highest BCUT2D eigenvalue weighted by atomic mass is 32.2. The van der Waals surface area contributed by atoms with Gasteiger partial charge >= 0.3 is 5.97 Å². The Morgan fingerprint density at radius 1 is 0.971 bits per heavy atom. The van der Waals surface area contributed by atoms with Crippen molar-refractivity contribution < 1.29 is 38.1 Å². The summed E-state index contributed by atoms with van der Waals surface area (Å²) >= 11 is 0.853. The van der Waals surface area contributed by atoms with Gasteiger partial charge in [-0.2, -0.15) is 0 Å². The number of esters is 1. The molecular weight excluding hydrogens is 462 g/mol. The third-order valence-corrected chi connectivity index (χ3v) is 5.56. The molecule has 10 heteroatoms. The largest absolute Gasteiger partial charge is 0.493 e. The van der Waals surface area contributed by atoms with Gasteiger partial charge in [-0.3, -0.25) is 14.5 Å². The molecule has 1 saturated heterocycles. The Bertz CT molecular complexity index is 1080. The second-order valence-corrected chi connectivity index (χ2v) is 7.83. The van der Waals surface area contributed by atoms with Gasteiger partial charge in [0.15, 0.2) is 29.6 Å². The molecule has 1 aliphatic heterocycles. The average molecular weight is 488 g/mol. The van der Waals surface area contributed by atoms with Gasteiger partial charge in [0.25, 0.3) is 11.1 Å². The highest BCUT2D eigenvalue weighted by Crippen LogP contribution is 2.34. The second kappa shape index (κ2) is 12.0. The summed E-state index contributed by atoms with van der Waals surface area (Å²) in [7, 11) is 3.00. The van der Waals surface area contributed by atoms with Gasteiger partial charge in [0, 0.05) is 0 Å². The molecule has 0 saturated carbocycles. The smallest absolute Gasteiger partial charge is 0.344 e. The monoisotopic (exact) mass is 487 g/mol. The lowest BCUT2D eigenvalue weighted by molar-refractivity contribution is -0.145. The van der Waals surface area contributed by atoms with Crippen molar-refractivity contribution in [2.45, 2.75) is 6.92 Å². The minimum absolute atomic E-state index is 0.101. The lowest BCUT2D eigenvalue weighted by Gasteiger charge is -2.14. The molecule has 0 N–H and O–H groups in total. The average Bonchev–Trinajstić information content (AvgIpc) is 3.10. The van der Waals surface area contributed by atoms with Crippen molar-refractivity contribution in [1.82, 2.24) is 4.90 Å². The Hall–Kier alpha value is -3.66. The predicted octanol–water partition coefficient (Wildman–Crippen LogP) is 3.76. The molecule has 180 valence electrons. The minimum Gasteiger partial charge on any atom is -0.493 e. The van der Waals surface area contributed by atoms with Gasteiger partial charge < -0.3 is 23.7 Å². The molecule has 3 rings (SSSR count). The zero-order valence-electron chi connectivity index (χ0n) is 19.1. The van der Waals surface area contributed by atoms with Crippen molar-refractivity contribution >= 4 is 35.0 Å². The summed E-state index contributed by atoms with van der Waals surface area (Å²) in [6.45, 7) is 1.96. The maximum Gasteiger partial charge on any atom is 0.344 e. The summed E-state index contributed by atoms with van der Waals surface area (Å²) in [6.07, 6.45) is 1.60. The number of nitrogens with zero attached hydrogens (tertiary/aromatic N) is 1. The molecule has 0 atom stereocenters. The molecule has 0 unspecified atom stereocenters. The van der Waals surface area contributed by atoms with Gasteiger partial charge in [-0.05, 0) is 54.6 Å². The predicted molar refractivity (Wildman–Crippen MR) is 126 cm³/mol. The standard InChI is InChI=1S/C24H25NO8S/c1-4-31-22(26)15-33-19-10-9-16(13-20(19)30-3)14-21-23(27)25(24(28)34-21)11-12-32-18-8-6-5-7-17(18)29-2/h5-10,13-14H,4,11-12,15H2,1-3H3/b21-14-. The maximum absolute atomic E-state index is 12.8. The van der Waals surface area contributed by atoms with E-state index in [-0.39, 0.29) is 36.5 Å². The zero-order chi connectivity index (χ0) is 24.5. The first-order valence-corrected chi connectivity index (χ1v) is 11.3. The third kappa shape index (κ3) is 6.22. The Balaban J connectivity index is 1.64. The van der Waals surface area contributed by atoms with Gasteiger partial charge in [0.1, 0.15) is 6.61 Å². The molecule has 1 aliphatic rings. The van der Waals surface area contributed by atoms with Crippen molar-refractivity contribution in [3.8, 4) is 23.0 Å². The van der Waals surface area contributed by atoms with Gasteiger partial charge in [0.05, 0.1) is 32.3 Å². The summed E-state index contributed by atoms with van der Waals surface area (Å²) in [5.74, 6) is 0.944. The lowest BCUT2D eigenvalue weighted by Crippen LogP contribution is -2.32. The van der Waals surface area contributed by atoms with Crippen LogP contribution in [0.5, 0.6) is 23.0 Å². The Labute approximate surface area is 201 Å². The van der Waals surface area contributed by atoms with Gasteiger partial charge in [-0.25, -0.2) is 4.79 Å². The van der Waals surface area contributed by atoms with E-state index in [0.29, 0.717) is 28.6 Å². The fourth-order valence-electron chi connectivity index (χ4n) is 3.06. The molecule has 2 aromatic rings. The topological polar surface area (TPSA) is 101 Å². The zero-order valence-corrected chi connectivity index (χ0v) is 19.9. The first-order valence-electron chi connectivity index (χ1n) is 10.4. The number of thioether (sulfide) groups is 1. The van der Waals surface area contributed by atoms with Gasteiger partial charge in [0.2, 0.25) is 0 Å². The van der Waals surface area contributed by atoms with E-state index in [1.807, 2.05) is 12.1 Å². The van der Waals surface area contributed by atoms with Crippen LogP contribution in [-0.2, 0) is 14.3 Å². The van der Waals surface area contributed by atoms with E-state index in [0.717, 1.165) is 16.7 Å². The van der Waals surface area contributed by atoms with Crippen LogP contribution in [0.1, 0.15) is 12.5 Å². The van der Waals surface area contributed by atoms with E-state index >= 15 is 0 Å². The fraction of sp³-hybridized carbons (Fsp3) is 0.292. The summed E-state index contributed by atoms with van der Waals surface area (Å²) < 4.78 is 26.5. The number of hydrogen-bond donors (Lipinski definition) is 0. The number of carbonyl (C=O) groups excluding carboxylic acids is 3. The number of ether oxygens (including phenoxy) is 5. The van der Waals surface area contributed by atoms with Crippen LogP contribution in [0, 0.1) is 0 Å². The first kappa shape index (κ1) is 25.0. The third-order valence-electron chi connectivity index (χ3n) is 4.65. The number of amides is 2. The van der Waals surface area contributed by atoms with E-state index in [1.54, 1.807) is 43.3 Å². The molecule has 0 aliphatic carbocycles. The second-order valence-electron chi connectivity index (χ2n) is 6.84. The van der Waals surface area contributed by atoms with E-state index < -0.39 is 11.9 Å². The number of methoxy groups -OCH3 is 2. The Morgan fingerprint density at radius 3 is 2.38 bits per heavy atom. The van der Waals surface area contributed by atoms with E-state index in [2.05, 4.69) is 0 Å². The minimum atomic E-state index is -0.489. The molecule has 0 bridgehead atoms. The van der Waals surface area contributed by atoms with Crippen LogP contribution in [0.15, 0.2) is 47.4 Å². The Morgan fingerprint density at radius 2 is 1.68 bits per heavy atom. The van der Waals surface area contributed by atoms with Crippen molar-refractivity contribution in [1.29, 1.82) is 0 Å². The number of hydrogen-bond acceptors (Lipinski definition) is 9. The molecule has 9 nitrogen and oxygen atoms in total. The van der Waals surface area contributed by atoms with Crippen LogP contribution in [-0.4, -0.2) is 62.6 Å². The number of benzene rings is 2. The van der Waals surface area contributed by atoms with Crippen molar-refractivity contribution in [3.05, 3.63) is 52.9 Å². The SMILES string of the molecule is CCOC(=O)COc1ccc(/C=C2\SC(=O)N(CCOc3ccccc3OC)C2=O)cc1OC. The molecule has 34 heavy (non-hydrogen) atoms. The van der Waals surface area contributed by atoms with Crippen LogP contribution in [0.25, 0.3) is 6.08 Å². The molecule has 2 aromatic carbocycles. The molecule has 2 amide bonds. The van der Waals surface area contributed by atoms with E-state index in [9.17, 15) is 14.4 Å². The van der Waals surface area contributed by atoms with Crippen molar-refractivity contribution in [2.24, 2.45) is 0 Å². The summed E-state index contributed by atoms with van der Waals surface area (Å²) in [6, 6.07) is 12.1. The Kier molecular flexibility index (Phi) is 8.80. The molecular formula is C24H25NO8S. The molecule has 1 fully saturated rings. The van der Waals surface area contributed by atoms with E-state index in [1.165, 1.54) is 14.2 Å². The van der Waals surface area contributed by atoms with Crippen LogP contribution in [0.3, 0.4) is 0 Å². The molecule has 0 spiro atoms. The number of carbonyl (C=O) groups is 3. The molecule has 0 radical (unpaired) electrons. The highest BCUT2D eigenvalue weighted by molar-refractivity contribution is 8.18. The number of rotatable bonds is 11. The van der Waals surface area contributed by atoms with Crippen LogP contribution in [0.4, 0.5) is 4.79 Å². The lowest BCUT2D eigenvalue weighted by atomic mass is 10.2. The summed E-state index contributed by atoms with van der Waals surface area (Å²) in [5, 5.41) is -0.374. The fourth-order valence-corrected chi connectivity index (χ4v) is 3.93. The summed E-state index contributed by atoms with van der Waals surface area (Å²) in [5.41, 5.74) is 0.635. The normalized spacial score (nSPS) is 14.3. The first-order chi connectivity index (χ1) is 16.5. The van der Waals surface area contributed by atoms with Gasteiger partial charge in [-0.1, -0.05) is 18.2 Å². The quantitative estimate of drug-likeness (QED) is 0.346. The van der Waals surface area contributed by atoms with Crippen LogP contribution in [0.2, 0.25) is 0 Å². The maximum atomic E-state index is 12.8. The van der Waals surface area contributed by atoms with Crippen LogP contribution < -0.4 is 18.9 Å². The molecule has 1 heterocycles. The van der Waals surface area contributed by atoms with Gasteiger partial charge in [-0.15, -0.1) is 0 Å². The van der Waals surface area contributed by atoms with E-state index in [4.69, 9.17) is 23.7 Å². The van der Waals surface area contributed by atoms with Crippen molar-refractivity contribution in [2.75, 3.05) is 40.6 Å². The van der Waals surface area contributed by atoms with Crippen LogP contribution >= 0.6 is 11.8 Å². The highest BCUT2D eigenvalue weighted by Gasteiger charge is 2.34. The van der Waals surface area contributed by atoms with Crippen molar-refractivity contribution in [3.63, 3.8) is 0 Å². The molecule has 0 aromatic heterocycles. The number of imide groups is 1. The summed E-state index contributed by atoms with van der Waals surface area (Å²) in [4.78, 5) is 38.1. The number of para-hydroxylation sites is 2.